The van der Waals surface area contributed by atoms with Gasteiger partial charge in [0.05, 0.1) is 34.0 Å². The highest BCUT2D eigenvalue weighted by molar-refractivity contribution is 6.25. The van der Waals surface area contributed by atoms with Gasteiger partial charge in [-0.3, -0.25) is 48.9 Å². The quantitative estimate of drug-likeness (QED) is 0.185. The van der Waals surface area contributed by atoms with Crippen molar-refractivity contribution in [3.63, 3.8) is 0 Å². The van der Waals surface area contributed by atoms with Crippen molar-refractivity contribution >= 4 is 51.9 Å². The maximum atomic E-state index is 13.4. The van der Waals surface area contributed by atoms with Crippen LogP contribution in [0.2, 0.25) is 0 Å². The monoisotopic (exact) mass is 717 g/mol. The number of amides is 5. The molecule has 1 atom stereocenters. The highest BCUT2D eigenvalue weighted by Crippen LogP contribution is 2.34. The number of nitrogens with zero attached hydrogens (tertiary/aromatic N) is 5. The third-order valence-electron chi connectivity index (χ3n) is 10.6. The Hall–Kier alpha value is -5.96. The largest absolute Gasteiger partial charge is 0.381 e. The SMILES string of the molecule is CCc1cc2ncc(CN3CCN(c4ccc(C(=O)N[C@H]5C[C@H](Nc6cccc7c6C(=O)N(C6CCC(=O)NC6=O)C7=O)C5)nc4)CC3)cc2[nH]c1=O. The van der Waals surface area contributed by atoms with E-state index >= 15 is 0 Å². The predicted octanol–water partition coefficient (Wildman–Crippen LogP) is 1.98. The number of nitrogens with one attached hydrogen (secondary N) is 4. The van der Waals surface area contributed by atoms with Gasteiger partial charge in [-0.25, -0.2) is 4.98 Å². The van der Waals surface area contributed by atoms with Crippen molar-refractivity contribution in [2.45, 2.75) is 63.7 Å². The molecule has 5 amide bonds. The molecule has 0 spiro atoms. The number of pyridine rings is 3. The summed E-state index contributed by atoms with van der Waals surface area (Å²) in [5, 5.41) is 8.59. The lowest BCUT2D eigenvalue weighted by atomic mass is 9.86. The molecule has 2 saturated heterocycles. The first-order chi connectivity index (χ1) is 25.6. The van der Waals surface area contributed by atoms with Crippen LogP contribution in [0.3, 0.4) is 0 Å². The molecule has 4 aromatic rings. The van der Waals surface area contributed by atoms with E-state index in [0.29, 0.717) is 30.6 Å². The molecule has 0 radical (unpaired) electrons. The van der Waals surface area contributed by atoms with E-state index < -0.39 is 29.7 Å². The number of anilines is 2. The van der Waals surface area contributed by atoms with Gasteiger partial charge in [-0.1, -0.05) is 13.0 Å². The number of rotatable bonds is 9. The van der Waals surface area contributed by atoms with E-state index in [9.17, 15) is 28.8 Å². The predicted molar refractivity (Wildman–Crippen MR) is 194 cm³/mol. The Kier molecular flexibility index (Phi) is 8.94. The molecule has 3 aromatic heterocycles. The zero-order chi connectivity index (χ0) is 36.8. The molecule has 1 aromatic carbocycles. The fraction of sp³-hybridized carbons (Fsp3) is 0.368. The molecule has 53 heavy (non-hydrogen) atoms. The van der Waals surface area contributed by atoms with Crippen LogP contribution < -0.4 is 26.4 Å². The summed E-state index contributed by atoms with van der Waals surface area (Å²) in [7, 11) is 0. The smallest absolute Gasteiger partial charge is 0.270 e. The Balaban J connectivity index is 0.808. The fourth-order valence-corrected chi connectivity index (χ4v) is 7.61. The van der Waals surface area contributed by atoms with Gasteiger partial charge in [0.15, 0.2) is 0 Å². The van der Waals surface area contributed by atoms with Gasteiger partial charge in [0, 0.05) is 68.7 Å². The Bertz CT molecular complexity index is 2210. The molecular weight excluding hydrogens is 678 g/mol. The number of carbonyl (C=O) groups is 5. The van der Waals surface area contributed by atoms with E-state index in [4.69, 9.17) is 0 Å². The van der Waals surface area contributed by atoms with Crippen molar-refractivity contribution < 1.29 is 24.0 Å². The molecule has 1 saturated carbocycles. The van der Waals surface area contributed by atoms with Crippen LogP contribution in [0.1, 0.15) is 74.9 Å². The second-order valence-electron chi connectivity index (χ2n) is 14.1. The lowest BCUT2D eigenvalue weighted by Crippen LogP contribution is -2.54. The number of piperidine rings is 1. The van der Waals surface area contributed by atoms with Gasteiger partial charge < -0.3 is 20.5 Å². The molecule has 8 rings (SSSR count). The summed E-state index contributed by atoms with van der Waals surface area (Å²) in [6, 6.07) is 11.3. The summed E-state index contributed by atoms with van der Waals surface area (Å²) in [4.78, 5) is 93.4. The van der Waals surface area contributed by atoms with Crippen LogP contribution in [0.4, 0.5) is 11.4 Å². The number of hydrogen-bond acceptors (Lipinski definition) is 11. The number of carbonyl (C=O) groups excluding carboxylic acids is 5. The standard InChI is InChI=1S/C38H39N9O6/c1-2-22-15-29-30(43-34(22)49)14-21(18-39-29)20-45-10-12-46(13-11-45)25-6-7-28(40-19-25)35(50)42-24-16-23(17-24)41-27-5-3-4-26-33(27)38(53)47(37(26)52)31-8-9-32(48)44-36(31)51/h3-7,14-15,18-19,23-24,31,41H,2,8-13,16-17,20H2,1H3,(H,42,50)(H,43,49)(H,44,48,51)/t23-,24-,31?. The molecule has 4 N–H and O–H groups in total. The van der Waals surface area contributed by atoms with Gasteiger partial charge >= 0.3 is 0 Å². The lowest BCUT2D eigenvalue weighted by Gasteiger charge is -2.37. The summed E-state index contributed by atoms with van der Waals surface area (Å²) >= 11 is 0. The second-order valence-corrected chi connectivity index (χ2v) is 14.1. The molecule has 15 nitrogen and oxygen atoms in total. The summed E-state index contributed by atoms with van der Waals surface area (Å²) in [5.74, 6) is -2.45. The normalized spacial score (nSPS) is 21.7. The number of fused-ring (bicyclic) bond motifs is 2. The lowest BCUT2D eigenvalue weighted by molar-refractivity contribution is -0.136. The Labute approximate surface area is 304 Å². The van der Waals surface area contributed by atoms with E-state index in [1.807, 2.05) is 31.3 Å². The third kappa shape index (κ3) is 6.63. The van der Waals surface area contributed by atoms with Crippen LogP contribution in [0.5, 0.6) is 0 Å². The summed E-state index contributed by atoms with van der Waals surface area (Å²) < 4.78 is 0. The number of benzene rings is 1. The number of H-pyrrole nitrogens is 1. The van der Waals surface area contributed by atoms with Gasteiger partial charge in [0.25, 0.3) is 23.3 Å². The Morgan fingerprint density at radius 1 is 0.925 bits per heavy atom. The average Bonchev–Trinajstić information content (AvgIpc) is 3.40. The minimum absolute atomic E-state index is 0.0381. The van der Waals surface area contributed by atoms with Crippen molar-refractivity contribution in [1.29, 1.82) is 0 Å². The van der Waals surface area contributed by atoms with Crippen LogP contribution in [-0.4, -0.2) is 98.6 Å². The molecule has 1 unspecified atom stereocenters. The van der Waals surface area contributed by atoms with Crippen molar-refractivity contribution in [3.8, 4) is 0 Å². The highest BCUT2D eigenvalue weighted by Gasteiger charge is 2.46. The molecule has 6 heterocycles. The molecule has 272 valence electrons. The molecule has 4 aliphatic rings. The third-order valence-corrected chi connectivity index (χ3v) is 10.6. The van der Waals surface area contributed by atoms with E-state index in [0.717, 1.165) is 65.5 Å². The van der Waals surface area contributed by atoms with Crippen LogP contribution in [0.25, 0.3) is 11.0 Å². The van der Waals surface area contributed by atoms with Crippen molar-refractivity contribution in [3.05, 3.63) is 93.2 Å². The first-order valence-corrected chi connectivity index (χ1v) is 18.0. The highest BCUT2D eigenvalue weighted by atomic mass is 16.2. The Morgan fingerprint density at radius 2 is 1.74 bits per heavy atom. The van der Waals surface area contributed by atoms with Crippen LogP contribution >= 0.6 is 0 Å². The van der Waals surface area contributed by atoms with E-state index in [2.05, 4.69) is 40.7 Å². The molecule has 15 heteroatoms. The van der Waals surface area contributed by atoms with Crippen molar-refractivity contribution in [2.75, 3.05) is 36.4 Å². The van der Waals surface area contributed by atoms with Gasteiger partial charge in [0.2, 0.25) is 11.8 Å². The van der Waals surface area contributed by atoms with Gasteiger partial charge in [-0.15, -0.1) is 0 Å². The number of piperazine rings is 1. The number of aryl methyl sites for hydroxylation is 1. The maximum absolute atomic E-state index is 13.4. The molecular formula is C38H39N9O6. The van der Waals surface area contributed by atoms with Gasteiger partial charge in [-0.05, 0) is 67.6 Å². The summed E-state index contributed by atoms with van der Waals surface area (Å²) in [6.07, 6.45) is 5.65. The van der Waals surface area contributed by atoms with Crippen molar-refractivity contribution in [2.24, 2.45) is 0 Å². The first kappa shape index (κ1) is 34.1. The van der Waals surface area contributed by atoms with E-state index in [-0.39, 0.29) is 47.5 Å². The second kappa shape index (κ2) is 13.9. The molecule has 3 fully saturated rings. The number of aromatic amines is 1. The van der Waals surface area contributed by atoms with Crippen molar-refractivity contribution in [1.82, 2.24) is 35.4 Å². The fourth-order valence-electron chi connectivity index (χ4n) is 7.61. The van der Waals surface area contributed by atoms with Crippen LogP contribution in [-0.2, 0) is 22.6 Å². The zero-order valence-electron chi connectivity index (χ0n) is 29.2. The van der Waals surface area contributed by atoms with E-state index in [1.54, 1.807) is 30.5 Å². The van der Waals surface area contributed by atoms with Crippen LogP contribution in [0.15, 0.2) is 59.7 Å². The minimum atomic E-state index is -1.03. The zero-order valence-corrected chi connectivity index (χ0v) is 29.2. The first-order valence-electron chi connectivity index (χ1n) is 18.0. The number of aromatic nitrogens is 3. The Morgan fingerprint density at radius 3 is 2.47 bits per heavy atom. The summed E-state index contributed by atoms with van der Waals surface area (Å²) in [5.41, 5.74) is 5.46. The average molecular weight is 718 g/mol. The van der Waals surface area contributed by atoms with Crippen LogP contribution in [0, 0.1) is 0 Å². The topological polar surface area (TPSA) is 190 Å². The maximum Gasteiger partial charge on any atom is 0.270 e. The molecule has 0 bridgehead atoms. The minimum Gasteiger partial charge on any atom is -0.381 e. The number of hydrogen-bond donors (Lipinski definition) is 4. The number of imide groups is 2. The molecule has 3 aliphatic heterocycles. The van der Waals surface area contributed by atoms with Gasteiger partial charge in [0.1, 0.15) is 11.7 Å². The van der Waals surface area contributed by atoms with E-state index in [1.165, 1.54) is 0 Å². The molecule has 1 aliphatic carbocycles. The van der Waals surface area contributed by atoms with Gasteiger partial charge in [-0.2, -0.15) is 0 Å². The summed E-state index contributed by atoms with van der Waals surface area (Å²) in [6.45, 7) is 5.99.